The standard InChI is InChI=1S/C81H139N34O26P7/c1-53(2)103-31-56(136-68(38-103)110-25-20-63(82)91-77(110)116)45-129-143(122,97(8)9)104-30-55(5)135-57(32-104)46-130-144(123,98(10)11)106-34-59(138-70(40-106)112-27-22-65(84)93-79(112)118)47-131-146(125,100(14)15)107-35-60(139-71(41-107)113-28-23-66(85)94-80(113)119)48-132-147(126,101(16)17)108-36-61(140-72(42-108)114-29-24-67(86)95-81(114)120)49-133-148(127,102(18)19)109-37-62(141-73(43-109)115-52-90-74-75(87)88-51-89-76(74)115)50-134-145(124,99(12)13)105-33-58(44-128-142(121,54(3)4)96(6)7)137-69(39-105)111-26-21-64(83)92-78(111)117/h20-29,51-62,68-73H,30-50H2,1-19H3,(H2,82,91,116)(H2,83,92,117)(H2,84,93,118)(H2,85,94,119)(H2,86,95,120)(H2,87,88,89). The molecule has 7 saturated heterocycles. The van der Waals surface area contributed by atoms with Crippen molar-refractivity contribution in [3.05, 3.63) is 126 Å². The lowest BCUT2D eigenvalue weighted by molar-refractivity contribution is -0.141. The Kier molecular flexibility index (Phi) is 37.3. The van der Waals surface area contributed by atoms with E-state index >= 15 is 27.4 Å². The molecule has 67 heteroatoms. The van der Waals surface area contributed by atoms with Crippen molar-refractivity contribution in [1.29, 1.82) is 0 Å². The van der Waals surface area contributed by atoms with Crippen LogP contribution in [0.3, 0.4) is 0 Å². The molecule has 0 radical (unpaired) electrons. The molecule has 0 bridgehead atoms. The van der Waals surface area contributed by atoms with Gasteiger partial charge >= 0.3 is 74.5 Å². The molecule has 0 amide bonds. The van der Waals surface area contributed by atoms with E-state index in [9.17, 15) is 28.5 Å². The first kappa shape index (κ1) is 116. The summed E-state index contributed by atoms with van der Waals surface area (Å²) in [6.45, 7) is 4.24. The van der Waals surface area contributed by atoms with Gasteiger partial charge in [0.25, 0.3) is 7.52 Å². The first-order chi connectivity index (χ1) is 69.6. The maximum Gasteiger partial charge on any atom is 0.351 e. The van der Waals surface area contributed by atoms with Crippen molar-refractivity contribution in [2.45, 2.75) is 133 Å². The van der Waals surface area contributed by atoms with Gasteiger partial charge in [-0.05, 0) is 150 Å². The molecule has 14 heterocycles. The van der Waals surface area contributed by atoms with Crippen LogP contribution in [-0.4, -0.2) is 430 Å². The molecule has 148 heavy (non-hydrogen) atoms. The van der Waals surface area contributed by atoms with Crippen molar-refractivity contribution in [1.82, 2.24) is 133 Å². The largest absolute Gasteiger partial charge is 0.383 e. The van der Waals surface area contributed by atoms with Crippen molar-refractivity contribution < 1.29 is 96.8 Å². The molecule has 7 aliphatic rings. The fraction of sp³-hybridized carbons (Fsp3) is 0.691. The van der Waals surface area contributed by atoms with Gasteiger partial charge in [-0.1, -0.05) is 13.8 Å². The van der Waals surface area contributed by atoms with E-state index < -0.39 is 200 Å². The van der Waals surface area contributed by atoms with Gasteiger partial charge in [0.2, 0.25) is 0 Å². The number of morpholine rings is 7. The van der Waals surface area contributed by atoms with Gasteiger partial charge in [0.1, 0.15) is 47.2 Å². The van der Waals surface area contributed by atoms with Gasteiger partial charge in [0.15, 0.2) is 42.6 Å². The molecule has 12 N–H and O–H groups in total. The van der Waals surface area contributed by atoms with E-state index in [0.29, 0.717) is 13.1 Å². The Bertz CT molecular complexity index is 6470. The van der Waals surface area contributed by atoms with E-state index in [1.165, 1.54) is 210 Å². The lowest BCUT2D eigenvalue weighted by atomic mass is 10.2. The third-order valence-corrected chi connectivity index (χ3v) is 43.9. The average molecular weight is 2220 g/mol. The van der Waals surface area contributed by atoms with Crippen LogP contribution in [0.1, 0.15) is 72.0 Å². The molecule has 7 fully saturated rings. The van der Waals surface area contributed by atoms with Crippen molar-refractivity contribution in [3.63, 3.8) is 0 Å². The highest BCUT2D eigenvalue weighted by Gasteiger charge is 2.54. The summed E-state index contributed by atoms with van der Waals surface area (Å²) in [5.41, 5.74) is 32.2. The molecule has 7 aliphatic heterocycles. The molecule has 0 spiro atoms. The van der Waals surface area contributed by atoms with Crippen molar-refractivity contribution in [2.24, 2.45) is 0 Å². The van der Waals surface area contributed by atoms with E-state index in [1.54, 1.807) is 58.2 Å². The van der Waals surface area contributed by atoms with Crippen LogP contribution in [0.4, 0.5) is 34.9 Å². The van der Waals surface area contributed by atoms with E-state index in [-0.39, 0.29) is 150 Å². The molecule has 60 nitrogen and oxygen atoms in total. The second-order valence-electron chi connectivity index (χ2n) is 38.5. The third kappa shape index (κ3) is 25.7. The SMILES string of the molecule is CC1CN(P(=O)(OCC2CN(C(C)C)CC(n3ccc(N)nc3=O)O2)N(C)C)CC(COP(=O)(N(C)C)N2CC(COP(=O)(N(C)C)N3CC(COP(=O)(N(C)C)N4CC(COP(=O)(N(C)C)N5CC(COP(=O)(N(C)C)N6CC(COP(=O)(C(C)C)N(C)C)OC(n7ccc(N)nc7=O)C6)OC(n6cnc7c(N)ncnc76)C5)OC(n5ccc(N)nc5=O)C4)OC(n4ccc(N)nc4=O)C3)OC(n3ccc(N)nc3=O)C2)O1. The van der Waals surface area contributed by atoms with Crippen LogP contribution in [0, 0.1) is 0 Å². The smallest absolute Gasteiger partial charge is 0.351 e. The number of nitrogen functional groups attached to an aromatic ring is 6. The highest BCUT2D eigenvalue weighted by atomic mass is 31.2. The maximum atomic E-state index is 16.6. The minimum absolute atomic E-state index is 0.0226. The lowest BCUT2D eigenvalue weighted by Crippen LogP contribution is -2.52. The van der Waals surface area contributed by atoms with E-state index in [1.807, 2.05) is 13.8 Å². The van der Waals surface area contributed by atoms with Crippen LogP contribution >= 0.6 is 53.5 Å². The highest BCUT2D eigenvalue weighted by Crippen LogP contribution is 2.63. The normalized spacial score (nSPS) is 27.5. The van der Waals surface area contributed by atoms with Gasteiger partial charge < -0.3 is 99.2 Å². The summed E-state index contributed by atoms with van der Waals surface area (Å²) < 4.78 is 230. The van der Waals surface area contributed by atoms with Crippen LogP contribution in [-0.2, 0) is 96.8 Å². The molecular weight excluding hydrogens is 2080 g/mol. The maximum absolute atomic E-state index is 16.6. The Morgan fingerprint density at radius 3 is 0.811 bits per heavy atom. The minimum atomic E-state index is -4.55. The Balaban J connectivity index is 0.705. The fourth-order valence-corrected chi connectivity index (χ4v) is 32.0. The minimum Gasteiger partial charge on any atom is -0.383 e. The molecule has 0 aromatic carbocycles. The molecule has 21 unspecified atom stereocenters. The van der Waals surface area contributed by atoms with E-state index in [4.69, 9.17) is 99.2 Å². The van der Waals surface area contributed by atoms with Gasteiger partial charge in [0.05, 0.1) is 134 Å². The number of hydrogen-bond acceptors (Lipinski definition) is 41. The van der Waals surface area contributed by atoms with E-state index in [0.717, 1.165) is 13.7 Å². The Hall–Kier alpha value is -7.76. The molecule has 7 aromatic rings. The number of imidazole rings is 1. The number of ether oxygens (including phenoxy) is 7. The second kappa shape index (κ2) is 47.7. The number of aromatic nitrogens is 14. The number of nitrogens with zero attached hydrogens (tertiary/aromatic N) is 28. The van der Waals surface area contributed by atoms with Crippen molar-refractivity contribution in [3.8, 4) is 0 Å². The molecule has 0 aliphatic carbocycles. The fourth-order valence-electron chi connectivity index (χ4n) is 18.1. The monoisotopic (exact) mass is 2220 g/mol. The van der Waals surface area contributed by atoms with Gasteiger partial charge in [-0.15, -0.1) is 0 Å². The summed E-state index contributed by atoms with van der Waals surface area (Å²) in [7, 11) is -8.02. The van der Waals surface area contributed by atoms with Crippen LogP contribution in [0.2, 0.25) is 0 Å². The van der Waals surface area contributed by atoms with E-state index in [2.05, 4.69) is 44.8 Å². The Labute approximate surface area is 855 Å². The first-order valence-corrected chi connectivity index (χ1v) is 58.5. The quantitative estimate of drug-likeness (QED) is 0.0296. The summed E-state index contributed by atoms with van der Waals surface area (Å²) in [4.78, 5) is 104. The van der Waals surface area contributed by atoms with Crippen LogP contribution < -0.4 is 62.9 Å². The molecule has 14 rings (SSSR count). The zero-order valence-corrected chi connectivity index (χ0v) is 92.5. The molecule has 824 valence electrons. The number of hydrogen-bond donors (Lipinski definition) is 6. The Morgan fingerprint density at radius 2 is 0.561 bits per heavy atom. The van der Waals surface area contributed by atoms with Gasteiger partial charge in [-0.2, -0.15) is 24.9 Å². The summed E-state index contributed by atoms with van der Waals surface area (Å²) in [5.74, 6) is -0.350. The molecule has 7 aromatic heterocycles. The van der Waals surface area contributed by atoms with Gasteiger partial charge in [-0.3, -0.25) is 64.3 Å². The van der Waals surface area contributed by atoms with Crippen LogP contribution in [0.5, 0.6) is 0 Å². The van der Waals surface area contributed by atoms with Crippen LogP contribution in [0.15, 0.2) is 97.9 Å². The summed E-state index contributed by atoms with van der Waals surface area (Å²) in [6.07, 6.45) is -5.68. The Morgan fingerprint density at radius 1 is 0.318 bits per heavy atom. The second-order valence-corrected chi connectivity index (χ2v) is 57.4. The van der Waals surface area contributed by atoms with Gasteiger partial charge in [-0.25, -0.2) is 99.6 Å². The number of anilines is 6. The average Bonchev–Trinajstić information content (AvgIpc) is 1.40. The third-order valence-electron chi connectivity index (χ3n) is 25.8. The highest BCUT2D eigenvalue weighted by molar-refractivity contribution is 7.57. The van der Waals surface area contributed by atoms with Crippen molar-refractivity contribution in [2.75, 3.05) is 271 Å². The lowest BCUT2D eigenvalue weighted by Gasteiger charge is -2.46. The number of fused-ring (bicyclic) bond motifs is 1. The topological polar surface area (TPSA) is 668 Å². The summed E-state index contributed by atoms with van der Waals surface area (Å²) in [5, 5.41) is 0. The summed E-state index contributed by atoms with van der Waals surface area (Å²) >= 11 is 0. The zero-order valence-electron chi connectivity index (χ0n) is 86.2. The predicted octanol–water partition coefficient (Wildman–Crippen LogP) is 1.60. The zero-order chi connectivity index (χ0) is 108. The molecule has 0 saturated carbocycles. The van der Waals surface area contributed by atoms with Crippen LogP contribution in [0.25, 0.3) is 11.2 Å². The first-order valence-electron chi connectivity index (χ1n) is 47.6. The number of nitrogens with two attached hydrogens (primary N) is 6. The van der Waals surface area contributed by atoms with Gasteiger partial charge in [0, 0.05) is 102 Å². The predicted molar refractivity (Wildman–Crippen MR) is 544 cm³/mol. The number of rotatable bonds is 42. The molecular formula is C81H139N34O26P7. The summed E-state index contributed by atoms with van der Waals surface area (Å²) in [6, 6.07) is 6.99. The molecule has 21 atom stereocenters. The van der Waals surface area contributed by atoms with Crippen molar-refractivity contribution >= 4 is 99.6 Å².